The molecular weight excluding hydrogens is 232 g/mol. The van der Waals surface area contributed by atoms with Crippen LogP contribution in [0.1, 0.15) is 27.7 Å². The smallest absolute Gasteiger partial charge is 0.0490 e. The molecule has 0 aliphatic heterocycles. The molecule has 19 heavy (non-hydrogen) atoms. The summed E-state index contributed by atoms with van der Waals surface area (Å²) in [5.74, 6) is 0. The van der Waals surface area contributed by atoms with Crippen molar-refractivity contribution >= 4 is 27.5 Å². The van der Waals surface area contributed by atoms with E-state index in [9.17, 15) is 0 Å². The molecule has 1 aromatic heterocycles. The first-order valence-electron chi connectivity index (χ1n) is 7.00. The van der Waals surface area contributed by atoms with Crippen LogP contribution in [0, 0.1) is 0 Å². The highest BCUT2D eigenvalue weighted by atomic mass is 14.9. The first-order valence-corrected chi connectivity index (χ1v) is 7.00. The van der Waals surface area contributed by atoms with Crippen molar-refractivity contribution in [3.05, 3.63) is 42.5 Å². The summed E-state index contributed by atoms with van der Waals surface area (Å²) in [4.78, 5) is 0. The van der Waals surface area contributed by atoms with Crippen molar-refractivity contribution < 1.29 is 0 Å². The molecule has 2 aromatic carbocycles. The third-order valence-corrected chi connectivity index (χ3v) is 2.94. The maximum absolute atomic E-state index is 5.81. The number of anilines is 1. The molecule has 3 aromatic rings. The molecule has 0 saturated carbocycles. The molecule has 0 amide bonds. The van der Waals surface area contributed by atoms with Gasteiger partial charge in [0.15, 0.2) is 0 Å². The van der Waals surface area contributed by atoms with Crippen molar-refractivity contribution in [2.24, 2.45) is 7.05 Å². The van der Waals surface area contributed by atoms with Crippen molar-refractivity contribution in [1.82, 2.24) is 4.57 Å². The normalized spacial score (nSPS) is 9.53. The quantitative estimate of drug-likeness (QED) is 0.566. The standard InChI is InChI=1S/C13H12N2.2C2H6/c1-15-12-5-3-2-4-10(12)11-8-9(14)6-7-13(11)15;2*1-2/h2-8H,14H2,1H3;2*1-2H3. The highest BCUT2D eigenvalue weighted by molar-refractivity contribution is 6.08. The van der Waals surface area contributed by atoms with Crippen LogP contribution in [0.5, 0.6) is 0 Å². The zero-order valence-electron chi connectivity index (χ0n) is 12.6. The molecule has 0 radical (unpaired) electrons. The Morgan fingerprint density at radius 3 is 2.05 bits per heavy atom. The summed E-state index contributed by atoms with van der Waals surface area (Å²) in [5, 5.41) is 2.50. The fourth-order valence-corrected chi connectivity index (χ4v) is 2.19. The van der Waals surface area contributed by atoms with Crippen LogP contribution in [-0.4, -0.2) is 4.57 Å². The number of benzene rings is 2. The topological polar surface area (TPSA) is 30.9 Å². The number of hydrogen-bond acceptors (Lipinski definition) is 1. The number of para-hydroxylation sites is 1. The second kappa shape index (κ2) is 6.83. The van der Waals surface area contributed by atoms with E-state index in [0.717, 1.165) is 5.69 Å². The average Bonchev–Trinajstić information content (AvgIpc) is 2.77. The molecule has 0 fully saturated rings. The first kappa shape index (κ1) is 15.1. The van der Waals surface area contributed by atoms with Crippen molar-refractivity contribution in [3.8, 4) is 0 Å². The Hall–Kier alpha value is -1.96. The molecule has 2 nitrogen and oxygen atoms in total. The van der Waals surface area contributed by atoms with Crippen LogP contribution in [0.4, 0.5) is 5.69 Å². The average molecular weight is 256 g/mol. The summed E-state index contributed by atoms with van der Waals surface area (Å²) < 4.78 is 2.20. The minimum atomic E-state index is 0.818. The molecule has 0 bridgehead atoms. The van der Waals surface area contributed by atoms with E-state index >= 15 is 0 Å². The fourth-order valence-electron chi connectivity index (χ4n) is 2.19. The lowest BCUT2D eigenvalue weighted by Crippen LogP contribution is -1.87. The summed E-state index contributed by atoms with van der Waals surface area (Å²) >= 11 is 0. The van der Waals surface area contributed by atoms with Gasteiger partial charge < -0.3 is 10.3 Å². The van der Waals surface area contributed by atoms with Gasteiger partial charge in [0, 0.05) is 34.5 Å². The highest BCUT2D eigenvalue weighted by Crippen LogP contribution is 2.28. The van der Waals surface area contributed by atoms with Crippen LogP contribution < -0.4 is 5.73 Å². The Morgan fingerprint density at radius 2 is 1.37 bits per heavy atom. The summed E-state index contributed by atoms with van der Waals surface area (Å²) in [6.07, 6.45) is 0. The summed E-state index contributed by atoms with van der Waals surface area (Å²) in [5.41, 5.74) is 9.11. The van der Waals surface area contributed by atoms with E-state index in [1.807, 2.05) is 39.8 Å². The van der Waals surface area contributed by atoms with Crippen LogP contribution >= 0.6 is 0 Å². The molecule has 102 valence electrons. The molecule has 0 unspecified atom stereocenters. The van der Waals surface area contributed by atoms with E-state index < -0.39 is 0 Å². The van der Waals surface area contributed by atoms with Gasteiger partial charge in [-0.05, 0) is 24.3 Å². The number of nitrogen functional groups attached to an aromatic ring is 1. The highest BCUT2D eigenvalue weighted by Gasteiger charge is 2.06. The van der Waals surface area contributed by atoms with Gasteiger partial charge in [-0.2, -0.15) is 0 Å². The van der Waals surface area contributed by atoms with E-state index in [-0.39, 0.29) is 0 Å². The molecular formula is C17H24N2. The van der Waals surface area contributed by atoms with E-state index in [0.29, 0.717) is 0 Å². The molecule has 0 saturated heterocycles. The first-order chi connectivity index (χ1) is 9.27. The van der Waals surface area contributed by atoms with Crippen LogP contribution in [0.2, 0.25) is 0 Å². The van der Waals surface area contributed by atoms with Crippen LogP contribution in [0.15, 0.2) is 42.5 Å². The summed E-state index contributed by atoms with van der Waals surface area (Å²) in [6, 6.07) is 14.4. The molecule has 0 spiro atoms. The van der Waals surface area contributed by atoms with Gasteiger partial charge in [0.2, 0.25) is 0 Å². The lowest BCUT2D eigenvalue weighted by molar-refractivity contribution is 1.01. The predicted octanol–water partition coefficient (Wildman–Crippen LogP) is 4.97. The van der Waals surface area contributed by atoms with Gasteiger partial charge in [0.1, 0.15) is 0 Å². The van der Waals surface area contributed by atoms with Crippen molar-refractivity contribution in [2.75, 3.05) is 5.73 Å². The van der Waals surface area contributed by atoms with E-state index in [1.54, 1.807) is 0 Å². The van der Waals surface area contributed by atoms with Crippen LogP contribution in [0.25, 0.3) is 21.8 Å². The minimum absolute atomic E-state index is 0.818. The number of nitrogens with zero attached hydrogens (tertiary/aromatic N) is 1. The lowest BCUT2D eigenvalue weighted by atomic mass is 10.1. The Kier molecular flexibility index (Phi) is 5.43. The zero-order chi connectivity index (χ0) is 14.4. The second-order valence-corrected chi connectivity index (χ2v) is 3.85. The maximum atomic E-state index is 5.81. The van der Waals surface area contributed by atoms with Gasteiger partial charge in [-0.3, -0.25) is 0 Å². The van der Waals surface area contributed by atoms with Gasteiger partial charge in [-0.15, -0.1) is 0 Å². The monoisotopic (exact) mass is 256 g/mol. The van der Waals surface area contributed by atoms with E-state index in [4.69, 9.17) is 5.73 Å². The molecule has 2 heteroatoms. The van der Waals surface area contributed by atoms with E-state index in [2.05, 4.69) is 41.9 Å². The second-order valence-electron chi connectivity index (χ2n) is 3.85. The number of hydrogen-bond donors (Lipinski definition) is 1. The van der Waals surface area contributed by atoms with Gasteiger partial charge in [0.05, 0.1) is 0 Å². The third kappa shape index (κ3) is 2.73. The number of nitrogens with two attached hydrogens (primary N) is 1. The predicted molar refractivity (Wildman–Crippen MR) is 87.5 cm³/mol. The van der Waals surface area contributed by atoms with Crippen molar-refractivity contribution in [2.45, 2.75) is 27.7 Å². The Labute approximate surface area is 115 Å². The number of aromatic nitrogens is 1. The van der Waals surface area contributed by atoms with Crippen molar-refractivity contribution in [1.29, 1.82) is 0 Å². The molecule has 0 aliphatic carbocycles. The lowest BCUT2D eigenvalue weighted by Gasteiger charge is -1.97. The largest absolute Gasteiger partial charge is 0.399 e. The van der Waals surface area contributed by atoms with Gasteiger partial charge >= 0.3 is 0 Å². The molecule has 0 atom stereocenters. The fraction of sp³-hybridized carbons (Fsp3) is 0.294. The van der Waals surface area contributed by atoms with Crippen LogP contribution in [0.3, 0.4) is 0 Å². The summed E-state index contributed by atoms with van der Waals surface area (Å²) in [7, 11) is 2.08. The SMILES string of the molecule is CC.CC.Cn1c2ccccc2c2cc(N)ccc21. The molecule has 3 rings (SSSR count). The Balaban J connectivity index is 0.000000415. The Bertz CT molecular complexity index is 651. The molecule has 2 N–H and O–H groups in total. The number of fused-ring (bicyclic) bond motifs is 3. The Morgan fingerprint density at radius 1 is 0.789 bits per heavy atom. The third-order valence-electron chi connectivity index (χ3n) is 2.94. The van der Waals surface area contributed by atoms with Crippen LogP contribution in [-0.2, 0) is 7.05 Å². The zero-order valence-corrected chi connectivity index (χ0v) is 12.6. The maximum Gasteiger partial charge on any atom is 0.0490 e. The number of aryl methyl sites for hydroxylation is 1. The number of rotatable bonds is 0. The molecule has 1 heterocycles. The molecule has 0 aliphatic rings. The van der Waals surface area contributed by atoms with Crippen molar-refractivity contribution in [3.63, 3.8) is 0 Å². The van der Waals surface area contributed by atoms with Gasteiger partial charge in [0.25, 0.3) is 0 Å². The van der Waals surface area contributed by atoms with E-state index in [1.165, 1.54) is 21.8 Å². The van der Waals surface area contributed by atoms with Gasteiger partial charge in [-0.25, -0.2) is 0 Å². The van der Waals surface area contributed by atoms with Gasteiger partial charge in [-0.1, -0.05) is 45.9 Å². The summed E-state index contributed by atoms with van der Waals surface area (Å²) in [6.45, 7) is 8.00. The minimum Gasteiger partial charge on any atom is -0.399 e.